The number of H-pyrrole nitrogens is 1. The van der Waals surface area contributed by atoms with E-state index in [0.717, 1.165) is 23.7 Å². The van der Waals surface area contributed by atoms with Gasteiger partial charge < -0.3 is 30.8 Å². The Morgan fingerprint density at radius 3 is 2.60 bits per heavy atom. The maximum absolute atomic E-state index is 13.1. The van der Waals surface area contributed by atoms with Crippen molar-refractivity contribution in [3.63, 3.8) is 0 Å². The number of carboxylic acids is 1. The van der Waals surface area contributed by atoms with Gasteiger partial charge in [-0.3, -0.25) is 14.4 Å². The first kappa shape index (κ1) is 25.0. The van der Waals surface area contributed by atoms with Crippen molar-refractivity contribution < 1.29 is 29.0 Å². The lowest BCUT2D eigenvalue weighted by atomic mass is 9.91. The van der Waals surface area contributed by atoms with Crippen molar-refractivity contribution in [1.82, 2.24) is 20.9 Å². The number of hydrogen-bond acceptors (Lipinski definition) is 5. The van der Waals surface area contributed by atoms with Gasteiger partial charge >= 0.3 is 5.97 Å². The number of rotatable bonds is 10. The van der Waals surface area contributed by atoms with E-state index in [0.29, 0.717) is 42.0 Å². The number of aromatic amines is 1. The Balaban J connectivity index is 1.48. The average Bonchev–Trinajstić information content (AvgIpc) is 3.53. The summed E-state index contributed by atoms with van der Waals surface area (Å²) in [6.07, 6.45) is 3.69. The first-order chi connectivity index (χ1) is 16.8. The largest absolute Gasteiger partial charge is 0.496 e. The van der Waals surface area contributed by atoms with Crippen molar-refractivity contribution in [2.24, 2.45) is 11.8 Å². The van der Waals surface area contributed by atoms with E-state index in [-0.39, 0.29) is 18.0 Å². The van der Waals surface area contributed by atoms with Gasteiger partial charge in [0.2, 0.25) is 11.8 Å². The second-order valence-electron chi connectivity index (χ2n) is 9.19. The van der Waals surface area contributed by atoms with Gasteiger partial charge in [-0.2, -0.15) is 0 Å². The molecule has 1 aromatic heterocycles. The average molecular weight is 549 g/mol. The van der Waals surface area contributed by atoms with Crippen LogP contribution in [0.5, 0.6) is 5.75 Å². The summed E-state index contributed by atoms with van der Waals surface area (Å²) in [5.74, 6) is -2.02. The standard InChI is InChI=1S/C24H29BrN4O6/c1-35-19-7-6-15(25)20-14(19)11-17(27-20)23(32)28-16(9-12-4-5-12)22(31)29-18(24(33)34)10-13-3-2-8-26-21(13)30/h6-7,11-13,16,18,27H,2-5,8-10H2,1H3,(H,26,30)(H,28,32)(H,29,31)(H,33,34)/t13-,16?,18?/m0/s1. The predicted octanol–water partition coefficient (Wildman–Crippen LogP) is 2.32. The molecule has 2 heterocycles. The minimum atomic E-state index is -1.22. The molecule has 2 aliphatic rings. The molecular formula is C24H29BrN4O6. The molecule has 2 fully saturated rings. The fourth-order valence-corrected chi connectivity index (χ4v) is 4.90. The highest BCUT2D eigenvalue weighted by Gasteiger charge is 2.35. The van der Waals surface area contributed by atoms with Gasteiger partial charge in [0.15, 0.2) is 0 Å². The molecule has 1 aromatic carbocycles. The van der Waals surface area contributed by atoms with Crippen LogP contribution in [0.25, 0.3) is 10.9 Å². The third-order valence-electron chi connectivity index (χ3n) is 6.59. The van der Waals surface area contributed by atoms with E-state index in [1.807, 2.05) is 0 Å². The fraction of sp³-hybridized carbons (Fsp3) is 0.500. The molecule has 0 radical (unpaired) electrons. The van der Waals surface area contributed by atoms with E-state index >= 15 is 0 Å². The second-order valence-corrected chi connectivity index (χ2v) is 10.0. The molecule has 35 heavy (non-hydrogen) atoms. The lowest BCUT2D eigenvalue weighted by Gasteiger charge is -2.26. The molecule has 0 bridgehead atoms. The van der Waals surface area contributed by atoms with Crippen LogP contribution in [0, 0.1) is 11.8 Å². The molecule has 3 atom stereocenters. The van der Waals surface area contributed by atoms with Crippen molar-refractivity contribution in [3.05, 3.63) is 28.4 Å². The molecule has 2 unspecified atom stereocenters. The van der Waals surface area contributed by atoms with Gasteiger partial charge in [0.05, 0.1) is 12.6 Å². The Morgan fingerprint density at radius 1 is 1.17 bits per heavy atom. The molecule has 188 valence electrons. The zero-order chi connectivity index (χ0) is 25.1. The van der Waals surface area contributed by atoms with E-state index in [4.69, 9.17) is 4.74 Å². The van der Waals surface area contributed by atoms with E-state index < -0.39 is 35.8 Å². The van der Waals surface area contributed by atoms with E-state index in [1.165, 1.54) is 0 Å². The number of nitrogens with one attached hydrogen (secondary N) is 4. The van der Waals surface area contributed by atoms with Crippen molar-refractivity contribution in [3.8, 4) is 5.75 Å². The zero-order valence-electron chi connectivity index (χ0n) is 19.4. The maximum atomic E-state index is 13.1. The fourth-order valence-electron chi connectivity index (χ4n) is 4.45. The third kappa shape index (κ3) is 5.95. The van der Waals surface area contributed by atoms with Crippen LogP contribution < -0.4 is 20.7 Å². The van der Waals surface area contributed by atoms with Crippen LogP contribution in [0.3, 0.4) is 0 Å². The van der Waals surface area contributed by atoms with Gasteiger partial charge in [0.1, 0.15) is 23.5 Å². The number of halogens is 1. The lowest BCUT2D eigenvalue weighted by molar-refractivity contribution is -0.143. The number of piperidine rings is 1. The van der Waals surface area contributed by atoms with Crippen molar-refractivity contribution in [2.45, 2.75) is 50.6 Å². The summed E-state index contributed by atoms with van der Waals surface area (Å²) < 4.78 is 6.13. The Morgan fingerprint density at radius 2 is 1.94 bits per heavy atom. The summed E-state index contributed by atoms with van der Waals surface area (Å²) in [6, 6.07) is 3.13. The van der Waals surface area contributed by atoms with Crippen LogP contribution >= 0.6 is 15.9 Å². The summed E-state index contributed by atoms with van der Waals surface area (Å²) in [5, 5.41) is 18.5. The predicted molar refractivity (Wildman–Crippen MR) is 131 cm³/mol. The summed E-state index contributed by atoms with van der Waals surface area (Å²) in [4.78, 5) is 53.2. The topological polar surface area (TPSA) is 150 Å². The van der Waals surface area contributed by atoms with Crippen LogP contribution in [-0.2, 0) is 14.4 Å². The summed E-state index contributed by atoms with van der Waals surface area (Å²) in [6.45, 7) is 0.575. The normalized spacial score (nSPS) is 19.5. The second kappa shape index (κ2) is 10.7. The monoisotopic (exact) mass is 548 g/mol. The zero-order valence-corrected chi connectivity index (χ0v) is 20.9. The van der Waals surface area contributed by atoms with Gasteiger partial charge in [0, 0.05) is 22.3 Å². The number of methoxy groups -OCH3 is 1. The number of carbonyl (C=O) groups is 4. The van der Waals surface area contributed by atoms with Crippen LogP contribution in [0.4, 0.5) is 0 Å². The Kier molecular flexibility index (Phi) is 7.63. The number of carboxylic acid groups (broad SMARTS) is 1. The number of ether oxygens (including phenoxy) is 1. The number of aromatic nitrogens is 1. The molecular weight excluding hydrogens is 520 g/mol. The molecule has 10 nitrogen and oxygen atoms in total. The minimum absolute atomic E-state index is 0.00679. The van der Waals surface area contributed by atoms with Crippen LogP contribution in [-0.4, -0.2) is 59.5 Å². The molecule has 1 aliphatic heterocycles. The first-order valence-electron chi connectivity index (χ1n) is 11.7. The maximum Gasteiger partial charge on any atom is 0.326 e. The molecule has 2 aromatic rings. The van der Waals surface area contributed by atoms with Gasteiger partial charge in [0.25, 0.3) is 5.91 Å². The van der Waals surface area contributed by atoms with E-state index in [2.05, 4.69) is 36.9 Å². The highest BCUT2D eigenvalue weighted by molar-refractivity contribution is 9.10. The van der Waals surface area contributed by atoms with Crippen LogP contribution in [0.1, 0.15) is 49.0 Å². The number of fused-ring (bicyclic) bond motifs is 1. The number of aliphatic carboxylic acids is 1. The highest BCUT2D eigenvalue weighted by Crippen LogP contribution is 2.34. The summed E-state index contributed by atoms with van der Waals surface area (Å²) in [5.41, 5.74) is 0.946. The first-order valence-corrected chi connectivity index (χ1v) is 12.5. The van der Waals surface area contributed by atoms with Crippen LogP contribution in [0.2, 0.25) is 0 Å². The highest BCUT2D eigenvalue weighted by atomic mass is 79.9. The molecule has 0 spiro atoms. The summed E-state index contributed by atoms with van der Waals surface area (Å²) >= 11 is 3.46. The number of hydrogen-bond donors (Lipinski definition) is 5. The number of amides is 3. The van der Waals surface area contributed by atoms with Crippen LogP contribution in [0.15, 0.2) is 22.7 Å². The van der Waals surface area contributed by atoms with Crippen molar-refractivity contribution >= 4 is 50.5 Å². The van der Waals surface area contributed by atoms with E-state index in [9.17, 15) is 24.3 Å². The van der Waals surface area contributed by atoms with Crippen molar-refractivity contribution in [1.29, 1.82) is 0 Å². The Labute approximate surface area is 210 Å². The van der Waals surface area contributed by atoms with Gasteiger partial charge in [-0.05, 0) is 65.7 Å². The third-order valence-corrected chi connectivity index (χ3v) is 7.25. The Bertz CT molecular complexity index is 1140. The lowest BCUT2D eigenvalue weighted by Crippen LogP contribution is -2.53. The van der Waals surface area contributed by atoms with Gasteiger partial charge in [-0.25, -0.2) is 4.79 Å². The Hall–Kier alpha value is -3.08. The quantitative estimate of drug-likeness (QED) is 0.307. The molecule has 1 saturated carbocycles. The minimum Gasteiger partial charge on any atom is -0.496 e. The smallest absolute Gasteiger partial charge is 0.326 e. The molecule has 3 amide bonds. The number of carbonyl (C=O) groups excluding carboxylic acids is 3. The van der Waals surface area contributed by atoms with Crippen molar-refractivity contribution in [2.75, 3.05) is 13.7 Å². The molecule has 11 heteroatoms. The van der Waals surface area contributed by atoms with Gasteiger partial charge in [-0.1, -0.05) is 12.8 Å². The van der Waals surface area contributed by atoms with Gasteiger partial charge in [-0.15, -0.1) is 0 Å². The molecule has 5 N–H and O–H groups in total. The number of benzene rings is 1. The van der Waals surface area contributed by atoms with E-state index in [1.54, 1.807) is 25.3 Å². The molecule has 1 aliphatic carbocycles. The SMILES string of the molecule is COc1ccc(Br)c2[nH]c(C(=O)NC(CC3CC3)C(=O)NC(C[C@@H]3CCCNC3=O)C(=O)O)cc12. The molecule has 4 rings (SSSR count). The molecule has 1 saturated heterocycles. The summed E-state index contributed by atoms with van der Waals surface area (Å²) in [7, 11) is 1.54.